The Labute approximate surface area is 149 Å². The van der Waals surface area contributed by atoms with Gasteiger partial charge in [0.2, 0.25) is 15.9 Å². The SMILES string of the molecule is CCCCC(CCCC)(COc1ccc2nccn2n1)CS(N)(=O)=O. The van der Waals surface area contributed by atoms with Crippen molar-refractivity contribution in [2.24, 2.45) is 10.6 Å². The lowest BCUT2D eigenvalue weighted by atomic mass is 9.80. The zero-order valence-electron chi connectivity index (χ0n) is 15.0. The molecule has 8 heteroatoms. The van der Waals surface area contributed by atoms with E-state index in [0.29, 0.717) is 5.88 Å². The molecule has 0 bridgehead atoms. The highest BCUT2D eigenvalue weighted by Crippen LogP contribution is 2.33. The van der Waals surface area contributed by atoms with Gasteiger partial charge in [0.15, 0.2) is 5.65 Å². The summed E-state index contributed by atoms with van der Waals surface area (Å²) in [5.74, 6) is 0.394. The molecule has 140 valence electrons. The quantitative estimate of drug-likeness (QED) is 0.657. The highest BCUT2D eigenvalue weighted by atomic mass is 32.2. The molecule has 0 aromatic carbocycles. The van der Waals surface area contributed by atoms with E-state index in [9.17, 15) is 8.42 Å². The van der Waals surface area contributed by atoms with Crippen molar-refractivity contribution in [3.63, 3.8) is 0 Å². The van der Waals surface area contributed by atoms with Gasteiger partial charge in [-0.15, -0.1) is 5.10 Å². The van der Waals surface area contributed by atoms with Gasteiger partial charge in [-0.3, -0.25) is 0 Å². The van der Waals surface area contributed by atoms with Crippen molar-refractivity contribution in [1.82, 2.24) is 14.6 Å². The van der Waals surface area contributed by atoms with Crippen LogP contribution >= 0.6 is 0 Å². The predicted molar refractivity (Wildman–Crippen MR) is 97.9 cm³/mol. The molecule has 2 aromatic heterocycles. The van der Waals surface area contributed by atoms with Crippen LogP contribution in [-0.2, 0) is 10.0 Å². The van der Waals surface area contributed by atoms with Gasteiger partial charge in [0, 0.05) is 23.9 Å². The highest BCUT2D eigenvalue weighted by Gasteiger charge is 2.34. The molecule has 0 saturated heterocycles. The third-order valence-electron chi connectivity index (χ3n) is 4.39. The van der Waals surface area contributed by atoms with Gasteiger partial charge in [0.1, 0.15) is 0 Å². The monoisotopic (exact) mass is 368 g/mol. The molecule has 0 radical (unpaired) electrons. The van der Waals surface area contributed by atoms with Crippen LogP contribution in [0.1, 0.15) is 52.4 Å². The Morgan fingerprint density at radius 3 is 2.48 bits per heavy atom. The molecule has 2 N–H and O–H groups in total. The average molecular weight is 369 g/mol. The molecular weight excluding hydrogens is 340 g/mol. The molecule has 7 nitrogen and oxygen atoms in total. The molecule has 0 saturated carbocycles. The maximum Gasteiger partial charge on any atom is 0.231 e. The fourth-order valence-electron chi connectivity index (χ4n) is 3.09. The fraction of sp³-hybridized carbons (Fsp3) is 0.647. The van der Waals surface area contributed by atoms with Crippen LogP contribution in [0.15, 0.2) is 24.5 Å². The second-order valence-corrected chi connectivity index (χ2v) is 8.32. The predicted octanol–water partition coefficient (Wildman–Crippen LogP) is 2.76. The first-order valence-electron chi connectivity index (χ1n) is 8.81. The number of rotatable bonds is 11. The number of aromatic nitrogens is 3. The lowest BCUT2D eigenvalue weighted by Gasteiger charge is -2.32. The van der Waals surface area contributed by atoms with Crippen LogP contribution in [0.5, 0.6) is 5.88 Å². The summed E-state index contributed by atoms with van der Waals surface area (Å²) in [5.41, 5.74) is 0.255. The Balaban J connectivity index is 2.18. The molecule has 0 aliphatic rings. The van der Waals surface area contributed by atoms with Gasteiger partial charge in [-0.25, -0.2) is 23.1 Å². The second kappa shape index (κ2) is 8.62. The molecule has 0 atom stereocenters. The smallest absolute Gasteiger partial charge is 0.231 e. The van der Waals surface area contributed by atoms with Gasteiger partial charge in [-0.1, -0.05) is 39.5 Å². The minimum absolute atomic E-state index is 0.0622. The van der Waals surface area contributed by atoms with E-state index in [0.717, 1.165) is 44.2 Å². The number of hydrogen-bond acceptors (Lipinski definition) is 5. The number of nitrogens with two attached hydrogens (primary N) is 1. The summed E-state index contributed by atoms with van der Waals surface area (Å²) < 4.78 is 31.2. The average Bonchev–Trinajstić information content (AvgIpc) is 3.02. The Morgan fingerprint density at radius 1 is 1.20 bits per heavy atom. The Bertz CT molecular complexity index is 765. The van der Waals surface area contributed by atoms with Crippen molar-refractivity contribution >= 4 is 15.7 Å². The number of sulfonamides is 1. The van der Waals surface area contributed by atoms with Crippen molar-refractivity contribution in [3.8, 4) is 5.88 Å². The first-order chi connectivity index (χ1) is 11.9. The van der Waals surface area contributed by atoms with Crippen molar-refractivity contribution < 1.29 is 13.2 Å². The number of unbranched alkanes of at least 4 members (excludes halogenated alkanes) is 2. The lowest BCUT2D eigenvalue weighted by molar-refractivity contribution is 0.132. The summed E-state index contributed by atoms with van der Waals surface area (Å²) in [6.45, 7) is 4.48. The molecule has 0 spiro atoms. The van der Waals surface area contributed by atoms with Crippen LogP contribution in [0, 0.1) is 5.41 Å². The van der Waals surface area contributed by atoms with E-state index in [1.54, 1.807) is 23.0 Å². The standard InChI is InChI=1S/C17H28N4O3S/c1-3-5-9-17(10-6-4-2,14-25(18,22)23)13-24-16-8-7-15-19-11-12-21(15)20-16/h7-8,11-12H,3-6,9-10,13-14H2,1-2H3,(H2,18,22,23). The second-order valence-electron chi connectivity index (χ2n) is 6.70. The van der Waals surface area contributed by atoms with Gasteiger partial charge in [0.25, 0.3) is 0 Å². The van der Waals surface area contributed by atoms with Gasteiger partial charge in [-0.05, 0) is 18.9 Å². The Hall–Kier alpha value is -1.67. The van der Waals surface area contributed by atoms with Crippen LogP contribution in [0.4, 0.5) is 0 Å². The third-order valence-corrected chi connectivity index (χ3v) is 5.40. The molecule has 0 aliphatic heterocycles. The Morgan fingerprint density at radius 2 is 1.88 bits per heavy atom. The van der Waals surface area contributed by atoms with E-state index in [4.69, 9.17) is 9.88 Å². The number of hydrogen-bond donors (Lipinski definition) is 1. The maximum absolute atomic E-state index is 11.8. The van der Waals surface area contributed by atoms with Gasteiger partial charge >= 0.3 is 0 Å². The third kappa shape index (κ3) is 5.97. The number of ether oxygens (including phenoxy) is 1. The molecular formula is C17H28N4O3S. The molecule has 2 rings (SSSR count). The summed E-state index contributed by atoms with van der Waals surface area (Å²) in [4.78, 5) is 4.15. The van der Waals surface area contributed by atoms with Crippen molar-refractivity contribution in [3.05, 3.63) is 24.5 Å². The van der Waals surface area contributed by atoms with E-state index in [-0.39, 0.29) is 12.4 Å². The van der Waals surface area contributed by atoms with E-state index in [1.807, 2.05) is 6.07 Å². The Kier molecular flexibility index (Phi) is 6.78. The summed E-state index contributed by atoms with van der Waals surface area (Å²) in [6, 6.07) is 3.57. The minimum atomic E-state index is -3.59. The molecule has 25 heavy (non-hydrogen) atoms. The minimum Gasteiger partial charge on any atom is -0.476 e. The summed E-state index contributed by atoms with van der Waals surface area (Å²) in [5, 5.41) is 9.73. The van der Waals surface area contributed by atoms with Crippen molar-refractivity contribution in [1.29, 1.82) is 0 Å². The van der Waals surface area contributed by atoms with Crippen molar-refractivity contribution in [2.75, 3.05) is 12.4 Å². The van der Waals surface area contributed by atoms with Crippen molar-refractivity contribution in [2.45, 2.75) is 52.4 Å². The first kappa shape index (κ1) is 19.7. The number of imidazole rings is 1. The highest BCUT2D eigenvalue weighted by molar-refractivity contribution is 7.89. The number of nitrogens with zero attached hydrogens (tertiary/aromatic N) is 3. The number of primary sulfonamides is 1. The van der Waals surface area contributed by atoms with Gasteiger partial charge < -0.3 is 4.74 Å². The van der Waals surface area contributed by atoms with Crippen LogP contribution in [0.2, 0.25) is 0 Å². The largest absolute Gasteiger partial charge is 0.476 e. The van der Waals surface area contributed by atoms with Crippen LogP contribution < -0.4 is 9.88 Å². The number of fused-ring (bicyclic) bond motifs is 1. The van der Waals surface area contributed by atoms with Crippen LogP contribution in [-0.4, -0.2) is 35.4 Å². The topological polar surface area (TPSA) is 99.6 Å². The van der Waals surface area contributed by atoms with Gasteiger partial charge in [-0.2, -0.15) is 0 Å². The maximum atomic E-state index is 11.8. The van der Waals surface area contributed by atoms with E-state index < -0.39 is 15.4 Å². The first-order valence-corrected chi connectivity index (χ1v) is 10.5. The molecule has 2 heterocycles. The molecule has 2 aromatic rings. The molecule has 0 aliphatic carbocycles. The van der Waals surface area contributed by atoms with E-state index in [1.165, 1.54) is 0 Å². The molecule has 0 unspecified atom stereocenters. The zero-order valence-corrected chi connectivity index (χ0v) is 15.8. The summed E-state index contributed by atoms with van der Waals surface area (Å²) in [7, 11) is -3.59. The van der Waals surface area contributed by atoms with Crippen LogP contribution in [0.3, 0.4) is 0 Å². The lowest BCUT2D eigenvalue weighted by Crippen LogP contribution is -2.39. The normalized spacial score (nSPS) is 12.6. The molecule has 0 fully saturated rings. The van der Waals surface area contributed by atoms with E-state index in [2.05, 4.69) is 23.9 Å². The van der Waals surface area contributed by atoms with Crippen LogP contribution in [0.25, 0.3) is 5.65 Å². The molecule has 0 amide bonds. The van der Waals surface area contributed by atoms with Gasteiger partial charge in [0.05, 0.1) is 12.4 Å². The summed E-state index contributed by atoms with van der Waals surface area (Å²) in [6.07, 6.45) is 8.83. The zero-order chi connectivity index (χ0) is 18.3. The fourth-order valence-corrected chi connectivity index (χ4v) is 4.31. The summed E-state index contributed by atoms with van der Waals surface area (Å²) >= 11 is 0. The van der Waals surface area contributed by atoms with E-state index >= 15 is 0 Å².